The molecule has 0 aromatic carbocycles. The van der Waals surface area contributed by atoms with Gasteiger partial charge in [0, 0.05) is 6.21 Å². The number of nitrogens with zero attached hydrogens (tertiary/aromatic N) is 1. The molecule has 0 unspecified atom stereocenters. The maximum absolute atomic E-state index is 8.17. The van der Waals surface area contributed by atoms with Gasteiger partial charge >= 0.3 is 0 Å². The van der Waals surface area contributed by atoms with Gasteiger partial charge in [-0.15, -0.1) is 5.16 Å². The van der Waals surface area contributed by atoms with Gasteiger partial charge in [0.2, 0.25) is 0 Å². The van der Waals surface area contributed by atoms with Gasteiger partial charge in [0.1, 0.15) is 0 Å². The first-order valence-electron chi connectivity index (χ1n) is 3.32. The molecule has 0 amide bonds. The average Bonchev–Trinajstić information content (AvgIpc) is 1.91. The zero-order chi connectivity index (χ0) is 6.53. The van der Waals surface area contributed by atoms with E-state index in [0.29, 0.717) is 5.92 Å². The van der Waals surface area contributed by atoms with Crippen LogP contribution in [0.5, 0.6) is 0 Å². The summed E-state index contributed by atoms with van der Waals surface area (Å²) in [7, 11) is 0. The van der Waals surface area contributed by atoms with Crippen molar-refractivity contribution in [3.8, 4) is 0 Å². The van der Waals surface area contributed by atoms with Crippen molar-refractivity contribution >= 4 is 6.21 Å². The molecule has 0 saturated carbocycles. The van der Waals surface area contributed by atoms with Crippen LogP contribution >= 0.6 is 0 Å². The number of nitrogens with one attached hydrogen (secondary N) is 1. The summed E-state index contributed by atoms with van der Waals surface area (Å²) in [5.74, 6) is 0.497. The lowest BCUT2D eigenvalue weighted by molar-refractivity contribution is 0.315. The molecule has 1 aliphatic heterocycles. The number of hydrogen-bond donors (Lipinski definition) is 2. The van der Waals surface area contributed by atoms with E-state index in [1.54, 1.807) is 6.21 Å². The SMILES string of the molecule is O/N=C\C1CCNCC1. The highest BCUT2D eigenvalue weighted by atomic mass is 16.4. The number of oxime groups is 1. The van der Waals surface area contributed by atoms with Crippen LogP contribution < -0.4 is 5.32 Å². The van der Waals surface area contributed by atoms with Crippen molar-refractivity contribution in [2.75, 3.05) is 13.1 Å². The molecule has 0 radical (unpaired) electrons. The molecule has 1 aliphatic rings. The smallest absolute Gasteiger partial charge is 0.0467 e. The van der Waals surface area contributed by atoms with Crippen LogP contribution in [-0.4, -0.2) is 24.5 Å². The second-order valence-electron chi connectivity index (χ2n) is 2.35. The molecule has 3 heteroatoms. The van der Waals surface area contributed by atoms with Crippen LogP contribution in [0.25, 0.3) is 0 Å². The Kier molecular flexibility index (Phi) is 2.51. The molecule has 0 aromatic heterocycles. The number of rotatable bonds is 1. The molecule has 1 saturated heterocycles. The summed E-state index contributed by atoms with van der Waals surface area (Å²) in [6, 6.07) is 0. The molecular formula is C6H12N2O. The third-order valence-corrected chi connectivity index (χ3v) is 1.66. The Labute approximate surface area is 54.8 Å². The topological polar surface area (TPSA) is 44.6 Å². The first-order valence-corrected chi connectivity index (χ1v) is 3.32. The fourth-order valence-electron chi connectivity index (χ4n) is 1.09. The zero-order valence-corrected chi connectivity index (χ0v) is 5.38. The highest BCUT2D eigenvalue weighted by molar-refractivity contribution is 5.59. The van der Waals surface area contributed by atoms with Crippen LogP contribution in [0.1, 0.15) is 12.8 Å². The molecular weight excluding hydrogens is 116 g/mol. The first-order chi connectivity index (χ1) is 4.43. The second-order valence-corrected chi connectivity index (χ2v) is 2.35. The normalized spacial score (nSPS) is 23.1. The Morgan fingerprint density at radius 1 is 1.44 bits per heavy atom. The van der Waals surface area contributed by atoms with Crippen molar-refractivity contribution < 1.29 is 5.21 Å². The third kappa shape index (κ3) is 2.01. The Morgan fingerprint density at radius 3 is 2.67 bits per heavy atom. The fraction of sp³-hybridized carbons (Fsp3) is 0.833. The van der Waals surface area contributed by atoms with Crippen LogP contribution in [0, 0.1) is 5.92 Å². The summed E-state index contributed by atoms with van der Waals surface area (Å²) in [6.45, 7) is 2.10. The van der Waals surface area contributed by atoms with E-state index in [1.165, 1.54) is 0 Å². The lowest BCUT2D eigenvalue weighted by Gasteiger charge is -2.17. The molecule has 3 nitrogen and oxygen atoms in total. The predicted molar refractivity (Wildman–Crippen MR) is 35.9 cm³/mol. The van der Waals surface area contributed by atoms with Crippen molar-refractivity contribution in [3.63, 3.8) is 0 Å². The first kappa shape index (κ1) is 6.55. The summed E-state index contributed by atoms with van der Waals surface area (Å²) < 4.78 is 0. The average molecular weight is 128 g/mol. The molecule has 9 heavy (non-hydrogen) atoms. The molecule has 0 atom stereocenters. The quantitative estimate of drug-likeness (QED) is 0.306. The third-order valence-electron chi connectivity index (χ3n) is 1.66. The van der Waals surface area contributed by atoms with Gasteiger partial charge in [-0.2, -0.15) is 0 Å². The van der Waals surface area contributed by atoms with E-state index in [2.05, 4.69) is 10.5 Å². The van der Waals surface area contributed by atoms with Crippen molar-refractivity contribution in [3.05, 3.63) is 0 Å². The molecule has 0 aliphatic carbocycles. The molecule has 1 fully saturated rings. The lowest BCUT2D eigenvalue weighted by Crippen LogP contribution is -2.28. The van der Waals surface area contributed by atoms with Gasteiger partial charge < -0.3 is 10.5 Å². The van der Waals surface area contributed by atoms with E-state index in [-0.39, 0.29) is 0 Å². The van der Waals surface area contributed by atoms with Crippen molar-refractivity contribution in [2.45, 2.75) is 12.8 Å². The largest absolute Gasteiger partial charge is 0.411 e. The van der Waals surface area contributed by atoms with Crippen molar-refractivity contribution in [2.24, 2.45) is 11.1 Å². The highest BCUT2D eigenvalue weighted by Gasteiger charge is 2.09. The molecule has 0 aromatic rings. The van der Waals surface area contributed by atoms with E-state index in [1.807, 2.05) is 0 Å². The van der Waals surface area contributed by atoms with Crippen LogP contribution in [-0.2, 0) is 0 Å². The minimum Gasteiger partial charge on any atom is -0.411 e. The van der Waals surface area contributed by atoms with Gasteiger partial charge in [-0.3, -0.25) is 0 Å². The van der Waals surface area contributed by atoms with Crippen molar-refractivity contribution in [1.82, 2.24) is 5.32 Å². The van der Waals surface area contributed by atoms with Crippen LogP contribution in [0.15, 0.2) is 5.16 Å². The van der Waals surface area contributed by atoms with Gasteiger partial charge in [0.25, 0.3) is 0 Å². The fourth-order valence-corrected chi connectivity index (χ4v) is 1.09. The highest BCUT2D eigenvalue weighted by Crippen LogP contribution is 2.07. The van der Waals surface area contributed by atoms with Gasteiger partial charge in [-0.25, -0.2) is 0 Å². The maximum atomic E-state index is 8.17. The standard InChI is InChI=1S/C6H12N2O/c9-8-5-6-1-3-7-4-2-6/h5-7,9H,1-4H2/b8-5-. The van der Waals surface area contributed by atoms with Gasteiger partial charge in [-0.05, 0) is 31.8 Å². The predicted octanol–water partition coefficient (Wildman–Crippen LogP) is 0.446. The van der Waals surface area contributed by atoms with Gasteiger partial charge in [0.05, 0.1) is 0 Å². The van der Waals surface area contributed by atoms with E-state index >= 15 is 0 Å². The molecule has 1 heterocycles. The zero-order valence-electron chi connectivity index (χ0n) is 5.38. The Balaban J connectivity index is 2.23. The minimum absolute atomic E-state index is 0.497. The molecule has 0 spiro atoms. The number of piperidine rings is 1. The van der Waals surface area contributed by atoms with Gasteiger partial charge in [-0.1, -0.05) is 0 Å². The Morgan fingerprint density at radius 2 is 2.11 bits per heavy atom. The van der Waals surface area contributed by atoms with E-state index < -0.39 is 0 Å². The minimum atomic E-state index is 0.497. The molecule has 0 bridgehead atoms. The second kappa shape index (κ2) is 3.45. The summed E-state index contributed by atoms with van der Waals surface area (Å²) >= 11 is 0. The van der Waals surface area contributed by atoms with Crippen molar-refractivity contribution in [1.29, 1.82) is 0 Å². The van der Waals surface area contributed by atoms with Crippen LogP contribution in [0.4, 0.5) is 0 Å². The lowest BCUT2D eigenvalue weighted by atomic mass is 10.0. The number of hydrogen-bond acceptors (Lipinski definition) is 3. The summed E-state index contributed by atoms with van der Waals surface area (Å²) in [6.07, 6.45) is 3.83. The Hall–Kier alpha value is -0.570. The van der Waals surface area contributed by atoms with Crippen LogP contribution in [0.2, 0.25) is 0 Å². The van der Waals surface area contributed by atoms with E-state index in [4.69, 9.17) is 5.21 Å². The summed E-state index contributed by atoms with van der Waals surface area (Å²) in [4.78, 5) is 0. The summed E-state index contributed by atoms with van der Waals surface area (Å²) in [5.41, 5.74) is 0. The van der Waals surface area contributed by atoms with E-state index in [9.17, 15) is 0 Å². The Bertz CT molecular complexity index is 97.2. The summed E-state index contributed by atoms with van der Waals surface area (Å²) in [5, 5.41) is 14.4. The van der Waals surface area contributed by atoms with Gasteiger partial charge in [0.15, 0.2) is 0 Å². The molecule has 52 valence electrons. The molecule has 2 N–H and O–H groups in total. The van der Waals surface area contributed by atoms with E-state index in [0.717, 1.165) is 25.9 Å². The molecule has 1 rings (SSSR count). The maximum Gasteiger partial charge on any atom is 0.0467 e. The monoisotopic (exact) mass is 128 g/mol. The van der Waals surface area contributed by atoms with Crippen LogP contribution in [0.3, 0.4) is 0 Å².